The number of carboxylic acid groups (broad SMARTS) is 1. The average molecular weight is 370 g/mol. The molecule has 2 amide bonds. The predicted molar refractivity (Wildman–Crippen MR) is 89.5 cm³/mol. The van der Waals surface area contributed by atoms with Gasteiger partial charge >= 0.3 is 24.9 Å². The van der Waals surface area contributed by atoms with Gasteiger partial charge in [-0.2, -0.15) is 0 Å². The van der Waals surface area contributed by atoms with Crippen molar-refractivity contribution in [2.24, 2.45) is 0 Å². The van der Waals surface area contributed by atoms with Crippen LogP contribution in [0, 0.1) is 17.0 Å². The number of nitrogens with zero attached hydrogens (tertiary/aromatic N) is 1. The summed E-state index contributed by atoms with van der Waals surface area (Å²) in [7, 11) is 0. The number of hydrogen-bond donors (Lipinski definition) is 2. The van der Waals surface area contributed by atoms with E-state index in [-0.39, 0.29) is 31.0 Å². The van der Waals surface area contributed by atoms with E-state index in [9.17, 15) is 24.8 Å². The molecule has 0 atom stereocenters. The van der Waals surface area contributed by atoms with E-state index in [1.165, 1.54) is 12.1 Å². The maximum Gasteiger partial charge on any atom is 1.00 e. The largest absolute Gasteiger partial charge is 1.00 e. The molecular weight excluding hydrogens is 357 g/mol. The van der Waals surface area contributed by atoms with Crippen LogP contribution in [0.2, 0.25) is 5.02 Å². The molecule has 0 bridgehead atoms. The molecule has 2 N–H and O–H groups in total. The van der Waals surface area contributed by atoms with Crippen LogP contribution in [0.3, 0.4) is 0 Å². The van der Waals surface area contributed by atoms with Gasteiger partial charge in [0.25, 0.3) is 5.69 Å². The summed E-state index contributed by atoms with van der Waals surface area (Å²) in [5.74, 6) is -1.66. The fourth-order valence-corrected chi connectivity index (χ4v) is 2.32. The van der Waals surface area contributed by atoms with Crippen LogP contribution in [-0.4, -0.2) is 16.9 Å². The number of rotatable bonds is 5. The summed E-state index contributed by atoms with van der Waals surface area (Å²) in [6.45, 7) is 1.58. The maximum atomic E-state index is 11.9. The third-order valence-electron chi connectivity index (χ3n) is 3.39. The van der Waals surface area contributed by atoms with Gasteiger partial charge in [0.2, 0.25) is 0 Å². The molecule has 0 aliphatic carbocycles. The van der Waals surface area contributed by atoms with Crippen molar-refractivity contribution in [3.63, 3.8) is 0 Å². The first-order valence-corrected chi connectivity index (χ1v) is 7.46. The number of hydrogen-bond acceptors (Lipinski definition) is 5. The van der Waals surface area contributed by atoms with Crippen molar-refractivity contribution >= 4 is 35.0 Å². The number of nitro groups is 1. The van der Waals surface area contributed by atoms with E-state index < -0.39 is 28.2 Å². The van der Waals surface area contributed by atoms with E-state index in [4.69, 9.17) is 11.6 Å². The van der Waals surface area contributed by atoms with Crippen molar-refractivity contribution in [2.75, 3.05) is 5.32 Å². The first kappa shape index (κ1) is 21.5. The summed E-state index contributed by atoms with van der Waals surface area (Å²) < 4.78 is 0. The SMILES string of the molecule is Cc1ccc(NC(=O)NCc2cccc(C(=O)[O-])c2[N+](=O)[O-])cc1Cl.[Li+]. The number of nitro benzene ring substituents is 1. The van der Waals surface area contributed by atoms with E-state index in [0.29, 0.717) is 10.7 Å². The molecular formula is C16H13ClLiN3O5. The fraction of sp³-hybridized carbons (Fsp3) is 0.125. The number of carbonyl (C=O) groups excluding carboxylic acids is 2. The predicted octanol–water partition coefficient (Wildman–Crippen LogP) is -0.754. The number of para-hydroxylation sites is 1. The third-order valence-corrected chi connectivity index (χ3v) is 3.80. The molecule has 2 aromatic carbocycles. The van der Waals surface area contributed by atoms with Gasteiger partial charge < -0.3 is 20.5 Å². The molecule has 10 heteroatoms. The van der Waals surface area contributed by atoms with Gasteiger partial charge in [-0.15, -0.1) is 0 Å². The average Bonchev–Trinajstić information content (AvgIpc) is 2.55. The summed E-state index contributed by atoms with van der Waals surface area (Å²) in [6, 6.07) is 8.10. The molecule has 26 heavy (non-hydrogen) atoms. The molecule has 8 nitrogen and oxygen atoms in total. The Morgan fingerprint density at radius 3 is 2.50 bits per heavy atom. The van der Waals surface area contributed by atoms with E-state index in [0.717, 1.165) is 11.6 Å². The van der Waals surface area contributed by atoms with Crippen LogP contribution in [0.4, 0.5) is 16.2 Å². The maximum absolute atomic E-state index is 11.9. The van der Waals surface area contributed by atoms with Crippen LogP contribution in [0.5, 0.6) is 0 Å². The number of carboxylic acids is 1. The molecule has 2 rings (SSSR count). The number of benzene rings is 2. The van der Waals surface area contributed by atoms with Gasteiger partial charge in [0.15, 0.2) is 0 Å². The summed E-state index contributed by atoms with van der Waals surface area (Å²) in [4.78, 5) is 33.2. The van der Waals surface area contributed by atoms with Gasteiger partial charge in [-0.05, 0) is 30.7 Å². The Morgan fingerprint density at radius 1 is 1.23 bits per heavy atom. The molecule has 130 valence electrons. The number of carbonyl (C=O) groups is 2. The third kappa shape index (κ3) is 5.23. The zero-order valence-corrected chi connectivity index (χ0v) is 14.8. The number of anilines is 1. The number of aromatic carboxylic acids is 1. The second kappa shape index (κ2) is 9.24. The van der Waals surface area contributed by atoms with Crippen molar-refractivity contribution in [3.8, 4) is 0 Å². The van der Waals surface area contributed by atoms with E-state index in [2.05, 4.69) is 10.6 Å². The van der Waals surface area contributed by atoms with E-state index in [1.54, 1.807) is 18.2 Å². The zero-order valence-electron chi connectivity index (χ0n) is 14.0. The minimum Gasteiger partial charge on any atom is -0.545 e. The van der Waals surface area contributed by atoms with Crippen LogP contribution in [0.15, 0.2) is 36.4 Å². The molecule has 0 aliphatic rings. The minimum atomic E-state index is -1.66. The molecule has 0 aromatic heterocycles. The van der Waals surface area contributed by atoms with Gasteiger partial charge in [0.05, 0.1) is 23.0 Å². The molecule has 0 spiro atoms. The minimum absolute atomic E-state index is 0. The quantitative estimate of drug-likeness (QED) is 0.407. The van der Waals surface area contributed by atoms with Crippen LogP contribution >= 0.6 is 11.6 Å². The molecule has 0 aliphatic heterocycles. The van der Waals surface area contributed by atoms with Gasteiger partial charge in [-0.3, -0.25) is 10.1 Å². The molecule has 0 unspecified atom stereocenters. The van der Waals surface area contributed by atoms with Gasteiger partial charge in [-0.25, -0.2) is 4.79 Å². The Bertz CT molecular complexity index is 860. The number of halogens is 1. The number of aryl methyl sites for hydroxylation is 1. The van der Waals surface area contributed by atoms with Gasteiger partial charge in [0, 0.05) is 16.3 Å². The summed E-state index contributed by atoms with van der Waals surface area (Å²) in [5, 5.41) is 27.6. The normalized spacial score (nSPS) is 9.77. The number of amides is 2. The topological polar surface area (TPSA) is 124 Å². The number of nitrogens with one attached hydrogen (secondary N) is 2. The van der Waals surface area contributed by atoms with Crippen LogP contribution in [-0.2, 0) is 6.54 Å². The molecule has 0 fully saturated rings. The first-order valence-electron chi connectivity index (χ1n) is 7.08. The standard InChI is InChI=1S/C16H14ClN3O5.Li/c1-9-5-6-11(7-13(9)17)19-16(23)18-8-10-3-2-4-12(15(21)22)14(10)20(24)25;/h2-7H,8H2,1H3,(H,21,22)(H2,18,19,23);/q;+1/p-1. The monoisotopic (exact) mass is 369 g/mol. The van der Waals surface area contributed by atoms with Crippen molar-refractivity contribution in [1.29, 1.82) is 0 Å². The second-order valence-electron chi connectivity index (χ2n) is 5.13. The van der Waals surface area contributed by atoms with Crippen LogP contribution in [0.25, 0.3) is 0 Å². The molecule has 0 radical (unpaired) electrons. The number of urea groups is 1. The van der Waals surface area contributed by atoms with Crippen molar-refractivity contribution in [3.05, 3.63) is 68.2 Å². The summed E-state index contributed by atoms with van der Waals surface area (Å²) in [5.41, 5.74) is 0.188. The molecule has 2 aromatic rings. The Morgan fingerprint density at radius 2 is 1.92 bits per heavy atom. The summed E-state index contributed by atoms with van der Waals surface area (Å²) in [6.07, 6.45) is 0. The van der Waals surface area contributed by atoms with Crippen LogP contribution in [0.1, 0.15) is 21.5 Å². The molecule has 0 saturated carbocycles. The first-order chi connectivity index (χ1) is 11.8. The van der Waals surface area contributed by atoms with Crippen molar-refractivity contribution in [2.45, 2.75) is 13.5 Å². The van der Waals surface area contributed by atoms with Crippen LogP contribution < -0.4 is 34.6 Å². The fourth-order valence-electron chi connectivity index (χ4n) is 2.14. The van der Waals surface area contributed by atoms with E-state index >= 15 is 0 Å². The van der Waals surface area contributed by atoms with Gasteiger partial charge in [0.1, 0.15) is 0 Å². The molecule has 0 saturated heterocycles. The molecule has 0 heterocycles. The van der Waals surface area contributed by atoms with Crippen molar-refractivity contribution in [1.82, 2.24) is 5.32 Å². The Hall–Kier alpha value is -2.53. The van der Waals surface area contributed by atoms with Crippen molar-refractivity contribution < 1.29 is 38.5 Å². The smallest absolute Gasteiger partial charge is 0.545 e. The second-order valence-corrected chi connectivity index (χ2v) is 5.54. The van der Waals surface area contributed by atoms with E-state index in [1.807, 2.05) is 6.92 Å². The Labute approximate surface area is 165 Å². The zero-order chi connectivity index (χ0) is 18.6. The Kier molecular flexibility index (Phi) is 7.65. The van der Waals surface area contributed by atoms with Gasteiger partial charge in [-0.1, -0.05) is 29.8 Å². The summed E-state index contributed by atoms with van der Waals surface area (Å²) >= 11 is 5.96. The Balaban J connectivity index is 0.00000338.